The third-order valence-electron chi connectivity index (χ3n) is 3.36. The average Bonchev–Trinajstić information content (AvgIpc) is 2.62. The molecule has 0 spiro atoms. The quantitative estimate of drug-likeness (QED) is 0.663. The maximum absolute atomic E-state index is 12.3. The molecule has 0 heterocycles. The molecule has 0 aliphatic carbocycles. The van der Waals surface area contributed by atoms with Gasteiger partial charge in [0.15, 0.2) is 6.10 Å². The van der Waals surface area contributed by atoms with Crippen LogP contribution in [0.25, 0.3) is 0 Å². The van der Waals surface area contributed by atoms with Gasteiger partial charge in [0.25, 0.3) is 0 Å². The predicted octanol–water partition coefficient (Wildman–Crippen LogP) is 4.43. The molecular formula is C20H15O2. The van der Waals surface area contributed by atoms with Gasteiger partial charge >= 0.3 is 5.97 Å². The fourth-order valence-corrected chi connectivity index (χ4v) is 2.28. The average molecular weight is 287 g/mol. The minimum atomic E-state index is -0.427. The number of ether oxygens (including phenoxy) is 1. The summed E-state index contributed by atoms with van der Waals surface area (Å²) in [5.74, 6) is -0.377. The second-order valence-corrected chi connectivity index (χ2v) is 4.88. The highest BCUT2D eigenvalue weighted by Crippen LogP contribution is 2.26. The molecule has 0 atom stereocenters. The van der Waals surface area contributed by atoms with Gasteiger partial charge in [-0.15, -0.1) is 0 Å². The van der Waals surface area contributed by atoms with Crippen LogP contribution in [0.4, 0.5) is 0 Å². The van der Waals surface area contributed by atoms with E-state index in [-0.39, 0.29) is 5.97 Å². The van der Waals surface area contributed by atoms with E-state index in [4.69, 9.17) is 4.74 Å². The van der Waals surface area contributed by atoms with Crippen molar-refractivity contribution >= 4 is 5.97 Å². The number of hydrogen-bond donors (Lipinski definition) is 0. The molecule has 0 amide bonds. The van der Waals surface area contributed by atoms with Crippen LogP contribution in [0, 0.1) is 6.07 Å². The molecule has 2 heteroatoms. The molecule has 0 aromatic heterocycles. The van der Waals surface area contributed by atoms with Crippen molar-refractivity contribution < 1.29 is 9.53 Å². The second-order valence-electron chi connectivity index (χ2n) is 4.88. The van der Waals surface area contributed by atoms with Crippen LogP contribution in [-0.4, -0.2) is 5.97 Å². The van der Waals surface area contributed by atoms with Crippen LogP contribution in [0.3, 0.4) is 0 Å². The van der Waals surface area contributed by atoms with E-state index in [2.05, 4.69) is 6.07 Å². The molecule has 3 aromatic carbocycles. The highest BCUT2D eigenvalue weighted by Gasteiger charge is 2.19. The Morgan fingerprint density at radius 3 is 1.82 bits per heavy atom. The Morgan fingerprint density at radius 2 is 1.32 bits per heavy atom. The molecule has 0 aliphatic rings. The van der Waals surface area contributed by atoms with Crippen LogP contribution in [0.2, 0.25) is 0 Å². The lowest BCUT2D eigenvalue weighted by Crippen LogP contribution is -2.13. The van der Waals surface area contributed by atoms with Gasteiger partial charge in [-0.25, -0.2) is 4.79 Å². The van der Waals surface area contributed by atoms with Crippen LogP contribution in [-0.2, 0) is 4.74 Å². The van der Waals surface area contributed by atoms with Crippen molar-refractivity contribution in [2.45, 2.75) is 6.10 Å². The minimum absolute atomic E-state index is 0.377. The zero-order chi connectivity index (χ0) is 15.2. The Bertz CT molecular complexity index is 682. The number of rotatable bonds is 4. The molecule has 3 rings (SSSR count). The summed E-state index contributed by atoms with van der Waals surface area (Å²) in [4.78, 5) is 12.3. The van der Waals surface area contributed by atoms with E-state index in [1.165, 1.54) is 0 Å². The van der Waals surface area contributed by atoms with Crippen molar-refractivity contribution in [2.75, 3.05) is 0 Å². The SMILES string of the molecule is O=C(OC(c1ccccc1)c1ccccc1)c1[c]cccc1. The van der Waals surface area contributed by atoms with Crippen LogP contribution < -0.4 is 0 Å². The molecule has 0 saturated heterocycles. The fourth-order valence-electron chi connectivity index (χ4n) is 2.28. The van der Waals surface area contributed by atoms with Crippen LogP contribution >= 0.6 is 0 Å². The van der Waals surface area contributed by atoms with Gasteiger partial charge < -0.3 is 4.74 Å². The molecule has 0 N–H and O–H groups in total. The monoisotopic (exact) mass is 287 g/mol. The Morgan fingerprint density at radius 1 is 0.773 bits per heavy atom. The third-order valence-corrected chi connectivity index (χ3v) is 3.36. The highest BCUT2D eigenvalue weighted by molar-refractivity contribution is 5.89. The van der Waals surface area contributed by atoms with E-state index < -0.39 is 6.10 Å². The van der Waals surface area contributed by atoms with Gasteiger partial charge in [-0.05, 0) is 23.3 Å². The summed E-state index contributed by atoms with van der Waals surface area (Å²) >= 11 is 0. The van der Waals surface area contributed by atoms with Crippen LogP contribution in [0.15, 0.2) is 84.9 Å². The summed E-state index contributed by atoms with van der Waals surface area (Å²) in [5.41, 5.74) is 2.32. The molecule has 22 heavy (non-hydrogen) atoms. The van der Waals surface area contributed by atoms with Crippen molar-refractivity contribution in [2.24, 2.45) is 0 Å². The van der Waals surface area contributed by atoms with Gasteiger partial charge in [0, 0.05) is 0 Å². The number of esters is 1. The van der Waals surface area contributed by atoms with Crippen molar-refractivity contribution in [3.05, 3.63) is 108 Å². The van der Waals surface area contributed by atoms with E-state index in [1.807, 2.05) is 66.7 Å². The highest BCUT2D eigenvalue weighted by atomic mass is 16.5. The third kappa shape index (κ3) is 3.23. The summed E-state index contributed by atoms with van der Waals surface area (Å²) < 4.78 is 5.74. The Balaban J connectivity index is 1.91. The summed E-state index contributed by atoms with van der Waals surface area (Å²) in [6, 6.07) is 29.4. The van der Waals surface area contributed by atoms with E-state index in [0.717, 1.165) is 11.1 Å². The topological polar surface area (TPSA) is 26.3 Å². The van der Waals surface area contributed by atoms with Crippen molar-refractivity contribution in [3.63, 3.8) is 0 Å². The van der Waals surface area contributed by atoms with Crippen molar-refractivity contribution in [1.82, 2.24) is 0 Å². The van der Waals surface area contributed by atoms with Crippen molar-refractivity contribution in [3.8, 4) is 0 Å². The van der Waals surface area contributed by atoms with Gasteiger partial charge in [0.2, 0.25) is 0 Å². The van der Waals surface area contributed by atoms with E-state index in [9.17, 15) is 4.79 Å². The van der Waals surface area contributed by atoms with Crippen LogP contribution in [0.5, 0.6) is 0 Å². The van der Waals surface area contributed by atoms with Gasteiger partial charge in [-0.2, -0.15) is 0 Å². The van der Waals surface area contributed by atoms with Gasteiger partial charge in [0.1, 0.15) is 0 Å². The Kier molecular flexibility index (Phi) is 4.30. The maximum atomic E-state index is 12.3. The molecule has 0 fully saturated rings. The number of carbonyl (C=O) groups is 1. The lowest BCUT2D eigenvalue weighted by Gasteiger charge is -2.18. The molecule has 0 saturated carbocycles. The normalized spacial score (nSPS) is 10.4. The minimum Gasteiger partial charge on any atom is -0.449 e. The Hall–Kier alpha value is -2.87. The summed E-state index contributed by atoms with van der Waals surface area (Å²) in [6.07, 6.45) is -0.427. The zero-order valence-electron chi connectivity index (χ0n) is 12.0. The van der Waals surface area contributed by atoms with Crippen molar-refractivity contribution in [1.29, 1.82) is 0 Å². The largest absolute Gasteiger partial charge is 0.449 e. The van der Waals surface area contributed by atoms with Gasteiger partial charge in [-0.1, -0.05) is 78.9 Å². The first-order valence-electron chi connectivity index (χ1n) is 7.12. The molecule has 1 radical (unpaired) electrons. The number of benzene rings is 3. The second kappa shape index (κ2) is 6.72. The van der Waals surface area contributed by atoms with Gasteiger partial charge in [0.05, 0.1) is 5.56 Å². The fraction of sp³-hybridized carbons (Fsp3) is 0.0500. The standard InChI is InChI=1S/C20H15O2/c21-20(18-14-8-3-9-15-18)22-19(16-10-4-1-5-11-16)17-12-6-2-7-13-17/h1-14,19H. The molecule has 0 aliphatic heterocycles. The summed E-state index contributed by atoms with van der Waals surface area (Å²) in [7, 11) is 0. The first kappa shape index (κ1) is 14.1. The number of carbonyl (C=O) groups excluding carboxylic acids is 1. The molecule has 2 nitrogen and oxygen atoms in total. The van der Waals surface area contributed by atoms with Gasteiger partial charge in [-0.3, -0.25) is 0 Å². The first-order chi connectivity index (χ1) is 10.8. The Labute approximate surface area is 130 Å². The molecule has 3 aromatic rings. The zero-order valence-corrected chi connectivity index (χ0v) is 12.0. The molecule has 0 unspecified atom stereocenters. The molecule has 107 valence electrons. The molecule has 0 bridgehead atoms. The van der Waals surface area contributed by atoms with E-state index in [0.29, 0.717) is 5.56 Å². The maximum Gasteiger partial charge on any atom is 0.339 e. The van der Waals surface area contributed by atoms with E-state index >= 15 is 0 Å². The number of hydrogen-bond acceptors (Lipinski definition) is 2. The smallest absolute Gasteiger partial charge is 0.339 e. The predicted molar refractivity (Wildman–Crippen MR) is 85.4 cm³/mol. The summed E-state index contributed by atoms with van der Waals surface area (Å²) in [6.45, 7) is 0. The first-order valence-corrected chi connectivity index (χ1v) is 7.12. The molecular weight excluding hydrogens is 272 g/mol. The van der Waals surface area contributed by atoms with E-state index in [1.54, 1.807) is 18.2 Å². The van der Waals surface area contributed by atoms with Crippen LogP contribution in [0.1, 0.15) is 27.6 Å². The summed E-state index contributed by atoms with van der Waals surface area (Å²) in [5, 5.41) is 0. The lowest BCUT2D eigenvalue weighted by molar-refractivity contribution is 0.0377. The lowest BCUT2D eigenvalue weighted by atomic mass is 10.0.